The maximum atomic E-state index is 13.7. The van der Waals surface area contributed by atoms with Crippen molar-refractivity contribution in [1.82, 2.24) is 15.1 Å². The number of nitrogens with one attached hydrogen (secondary N) is 1. The predicted octanol–water partition coefficient (Wildman–Crippen LogP) is 3.76. The van der Waals surface area contributed by atoms with Gasteiger partial charge in [-0.3, -0.25) is 4.68 Å². The van der Waals surface area contributed by atoms with Crippen LogP contribution in [0.4, 0.5) is 8.78 Å². The summed E-state index contributed by atoms with van der Waals surface area (Å²) in [6.07, 6.45) is 0.648. The minimum Gasteiger partial charge on any atom is -0.313 e. The van der Waals surface area contributed by atoms with E-state index in [2.05, 4.69) is 26.3 Å². The summed E-state index contributed by atoms with van der Waals surface area (Å²) in [4.78, 5) is 0. The number of hydrogen-bond acceptors (Lipinski definition) is 2. The molecule has 2 rings (SSSR count). The number of aromatic nitrogens is 2. The highest BCUT2D eigenvalue weighted by atomic mass is 79.9. The largest absolute Gasteiger partial charge is 0.313 e. The topological polar surface area (TPSA) is 29.9 Å². The Labute approximate surface area is 131 Å². The smallest absolute Gasteiger partial charge is 0.173 e. The van der Waals surface area contributed by atoms with Crippen molar-refractivity contribution in [2.24, 2.45) is 0 Å². The quantitative estimate of drug-likeness (QED) is 0.825. The van der Waals surface area contributed by atoms with Crippen LogP contribution < -0.4 is 5.32 Å². The monoisotopic (exact) mass is 357 g/mol. The first-order valence-electron chi connectivity index (χ1n) is 6.81. The Balaban J connectivity index is 2.34. The molecule has 0 aliphatic carbocycles. The van der Waals surface area contributed by atoms with E-state index in [9.17, 15) is 8.78 Å². The van der Waals surface area contributed by atoms with Gasteiger partial charge in [-0.15, -0.1) is 0 Å². The van der Waals surface area contributed by atoms with Crippen molar-refractivity contribution in [3.63, 3.8) is 0 Å². The van der Waals surface area contributed by atoms with Crippen LogP contribution in [0.25, 0.3) is 0 Å². The van der Waals surface area contributed by atoms with Gasteiger partial charge in [-0.05, 0) is 54.5 Å². The number of rotatable bonds is 5. The third-order valence-electron chi connectivity index (χ3n) is 3.49. The van der Waals surface area contributed by atoms with Crippen molar-refractivity contribution in [3.8, 4) is 0 Å². The Kier molecular flexibility index (Phi) is 5.11. The second-order valence-corrected chi connectivity index (χ2v) is 5.70. The molecule has 1 atom stereocenters. The SMILES string of the molecule is CCn1nc(C)cc1CC(NC)c1ccc(F)c(F)c1Br. The first-order valence-corrected chi connectivity index (χ1v) is 7.61. The molecule has 3 nitrogen and oxygen atoms in total. The first kappa shape index (κ1) is 16.1. The van der Waals surface area contributed by atoms with Gasteiger partial charge in [0.05, 0.1) is 10.2 Å². The first-order chi connectivity index (χ1) is 9.97. The summed E-state index contributed by atoms with van der Waals surface area (Å²) in [5.41, 5.74) is 2.70. The van der Waals surface area contributed by atoms with E-state index in [4.69, 9.17) is 0 Å². The fourth-order valence-electron chi connectivity index (χ4n) is 2.42. The molecule has 0 amide bonds. The number of nitrogens with zero attached hydrogens (tertiary/aromatic N) is 2. The molecule has 1 heterocycles. The lowest BCUT2D eigenvalue weighted by Crippen LogP contribution is -2.21. The van der Waals surface area contributed by atoms with Crippen LogP contribution >= 0.6 is 15.9 Å². The van der Waals surface area contributed by atoms with E-state index in [1.807, 2.05) is 24.6 Å². The fourth-order valence-corrected chi connectivity index (χ4v) is 3.02. The summed E-state index contributed by atoms with van der Waals surface area (Å²) in [6.45, 7) is 4.74. The number of hydrogen-bond donors (Lipinski definition) is 1. The van der Waals surface area contributed by atoms with E-state index in [0.29, 0.717) is 12.0 Å². The minimum absolute atomic E-state index is 0.129. The van der Waals surface area contributed by atoms with Gasteiger partial charge >= 0.3 is 0 Å². The summed E-state index contributed by atoms with van der Waals surface area (Å²) >= 11 is 3.15. The van der Waals surface area contributed by atoms with E-state index < -0.39 is 11.6 Å². The lowest BCUT2D eigenvalue weighted by molar-refractivity contribution is 0.492. The molecule has 21 heavy (non-hydrogen) atoms. The van der Waals surface area contributed by atoms with Crippen molar-refractivity contribution in [3.05, 3.63) is 51.3 Å². The maximum absolute atomic E-state index is 13.7. The summed E-state index contributed by atoms with van der Waals surface area (Å²) in [7, 11) is 1.80. The standard InChI is InChI=1S/C15H18BrF2N3/c1-4-21-10(7-9(2)20-21)8-13(19-3)11-5-6-12(17)15(18)14(11)16/h5-7,13,19H,4,8H2,1-3H3. The maximum Gasteiger partial charge on any atom is 0.173 e. The van der Waals surface area contributed by atoms with Gasteiger partial charge in [0.15, 0.2) is 11.6 Å². The molecule has 1 aromatic carbocycles. The third-order valence-corrected chi connectivity index (χ3v) is 4.29. The zero-order valence-electron chi connectivity index (χ0n) is 12.3. The fraction of sp³-hybridized carbons (Fsp3) is 0.400. The average Bonchev–Trinajstić information content (AvgIpc) is 2.83. The Bertz CT molecular complexity index is 640. The Hall–Kier alpha value is -1.27. The average molecular weight is 358 g/mol. The Morgan fingerprint density at radius 3 is 2.71 bits per heavy atom. The zero-order chi connectivity index (χ0) is 15.6. The Morgan fingerprint density at radius 1 is 1.38 bits per heavy atom. The van der Waals surface area contributed by atoms with E-state index in [0.717, 1.165) is 24.0 Å². The summed E-state index contributed by atoms with van der Waals surface area (Å²) in [6, 6.07) is 4.64. The second-order valence-electron chi connectivity index (χ2n) is 4.90. The van der Waals surface area contributed by atoms with Gasteiger partial charge in [0.2, 0.25) is 0 Å². The molecule has 1 aromatic heterocycles. The van der Waals surface area contributed by atoms with Crippen molar-refractivity contribution in [2.75, 3.05) is 7.05 Å². The highest BCUT2D eigenvalue weighted by Crippen LogP contribution is 2.29. The molecule has 0 saturated carbocycles. The van der Waals surface area contributed by atoms with Crippen LogP contribution in [0, 0.1) is 18.6 Å². The molecule has 0 spiro atoms. The highest BCUT2D eigenvalue weighted by molar-refractivity contribution is 9.10. The van der Waals surface area contributed by atoms with Crippen LogP contribution in [-0.2, 0) is 13.0 Å². The molecular weight excluding hydrogens is 340 g/mol. The summed E-state index contributed by atoms with van der Waals surface area (Å²) in [5.74, 6) is -1.71. The molecule has 1 N–H and O–H groups in total. The second kappa shape index (κ2) is 6.66. The minimum atomic E-state index is -0.854. The predicted molar refractivity (Wildman–Crippen MR) is 82.2 cm³/mol. The molecule has 0 saturated heterocycles. The van der Waals surface area contributed by atoms with Crippen LogP contribution in [0.2, 0.25) is 0 Å². The lowest BCUT2D eigenvalue weighted by Gasteiger charge is -2.19. The number of likely N-dealkylation sites (N-methyl/N-ethyl adjacent to an activating group) is 1. The molecule has 1 unspecified atom stereocenters. The summed E-state index contributed by atoms with van der Waals surface area (Å²) < 4.78 is 29.0. The highest BCUT2D eigenvalue weighted by Gasteiger charge is 2.20. The van der Waals surface area contributed by atoms with Crippen LogP contribution in [-0.4, -0.2) is 16.8 Å². The molecule has 2 aromatic rings. The molecular formula is C15H18BrF2N3. The van der Waals surface area contributed by atoms with Gasteiger partial charge < -0.3 is 5.32 Å². The van der Waals surface area contributed by atoms with Gasteiger partial charge in [0, 0.05) is 24.7 Å². The normalized spacial score (nSPS) is 12.7. The Morgan fingerprint density at radius 2 is 2.10 bits per heavy atom. The van der Waals surface area contributed by atoms with Crippen molar-refractivity contribution < 1.29 is 8.78 Å². The van der Waals surface area contributed by atoms with E-state index in [1.165, 1.54) is 0 Å². The van der Waals surface area contributed by atoms with Crippen LogP contribution in [0.5, 0.6) is 0 Å². The van der Waals surface area contributed by atoms with E-state index in [-0.39, 0.29) is 10.5 Å². The summed E-state index contributed by atoms with van der Waals surface area (Å²) in [5, 5.41) is 7.56. The van der Waals surface area contributed by atoms with Crippen LogP contribution in [0.15, 0.2) is 22.7 Å². The van der Waals surface area contributed by atoms with Crippen molar-refractivity contribution in [2.45, 2.75) is 32.9 Å². The molecule has 114 valence electrons. The number of benzene rings is 1. The zero-order valence-corrected chi connectivity index (χ0v) is 13.8. The molecule has 0 bridgehead atoms. The van der Waals surface area contributed by atoms with E-state index in [1.54, 1.807) is 13.1 Å². The van der Waals surface area contributed by atoms with Gasteiger partial charge in [-0.2, -0.15) is 5.10 Å². The van der Waals surface area contributed by atoms with Crippen LogP contribution in [0.3, 0.4) is 0 Å². The van der Waals surface area contributed by atoms with Crippen LogP contribution in [0.1, 0.15) is 29.9 Å². The third kappa shape index (κ3) is 3.32. The number of halogens is 3. The molecule has 0 radical (unpaired) electrons. The van der Waals surface area contributed by atoms with Gasteiger partial charge in [0.1, 0.15) is 0 Å². The molecule has 0 aliphatic heterocycles. The molecule has 6 heteroatoms. The van der Waals surface area contributed by atoms with Crippen molar-refractivity contribution >= 4 is 15.9 Å². The van der Waals surface area contributed by atoms with Crippen molar-refractivity contribution in [1.29, 1.82) is 0 Å². The number of aryl methyl sites for hydroxylation is 2. The van der Waals surface area contributed by atoms with Gasteiger partial charge in [0.25, 0.3) is 0 Å². The lowest BCUT2D eigenvalue weighted by atomic mass is 10.0. The molecule has 0 fully saturated rings. The van der Waals surface area contributed by atoms with Gasteiger partial charge in [-0.1, -0.05) is 6.07 Å². The molecule has 0 aliphatic rings. The van der Waals surface area contributed by atoms with E-state index >= 15 is 0 Å². The van der Waals surface area contributed by atoms with Gasteiger partial charge in [-0.25, -0.2) is 8.78 Å².